The van der Waals surface area contributed by atoms with Crippen molar-refractivity contribution < 1.29 is 4.42 Å². The highest BCUT2D eigenvalue weighted by molar-refractivity contribution is 9.10. The van der Waals surface area contributed by atoms with E-state index in [1.165, 1.54) is 0 Å². The van der Waals surface area contributed by atoms with E-state index in [0.717, 1.165) is 41.1 Å². The first-order valence-electron chi connectivity index (χ1n) is 5.95. The Kier molecular flexibility index (Phi) is 4.87. The van der Waals surface area contributed by atoms with E-state index in [4.69, 9.17) is 16.0 Å². The van der Waals surface area contributed by atoms with Crippen molar-refractivity contribution in [2.24, 2.45) is 0 Å². The molecule has 0 saturated carbocycles. The molecule has 0 bridgehead atoms. The van der Waals surface area contributed by atoms with Crippen LogP contribution in [0.1, 0.15) is 19.1 Å². The second-order valence-corrected chi connectivity index (χ2v) is 5.33. The summed E-state index contributed by atoms with van der Waals surface area (Å²) in [6, 6.07) is 9.78. The van der Waals surface area contributed by atoms with E-state index in [0.29, 0.717) is 5.02 Å². The molecule has 0 fully saturated rings. The van der Waals surface area contributed by atoms with Gasteiger partial charge in [-0.25, -0.2) is 0 Å². The van der Waals surface area contributed by atoms with Crippen LogP contribution in [0.25, 0.3) is 11.3 Å². The summed E-state index contributed by atoms with van der Waals surface area (Å²) in [7, 11) is 0. The molecule has 0 aliphatic rings. The minimum atomic E-state index is 0.689. The van der Waals surface area contributed by atoms with Gasteiger partial charge in [0.15, 0.2) is 0 Å². The van der Waals surface area contributed by atoms with Crippen molar-refractivity contribution in [3.63, 3.8) is 0 Å². The van der Waals surface area contributed by atoms with Gasteiger partial charge in [0.1, 0.15) is 11.5 Å². The molecule has 0 atom stereocenters. The Morgan fingerprint density at radius 3 is 2.83 bits per heavy atom. The highest BCUT2D eigenvalue weighted by Gasteiger charge is 2.06. The molecule has 0 amide bonds. The SMILES string of the molecule is CCCNCc1ccc(-c2ccc(Br)c(Cl)c2)o1. The number of benzene rings is 1. The predicted octanol–water partition coefficient (Wildman–Crippen LogP) is 4.86. The maximum Gasteiger partial charge on any atom is 0.134 e. The largest absolute Gasteiger partial charge is 0.460 e. The number of hydrogen-bond acceptors (Lipinski definition) is 2. The minimum absolute atomic E-state index is 0.689. The first kappa shape index (κ1) is 13.7. The molecule has 0 aliphatic heterocycles. The number of halogens is 2. The molecule has 0 saturated heterocycles. The molecule has 2 rings (SSSR count). The normalized spacial score (nSPS) is 10.8. The van der Waals surface area contributed by atoms with Crippen LogP contribution in [0, 0.1) is 0 Å². The monoisotopic (exact) mass is 327 g/mol. The lowest BCUT2D eigenvalue weighted by atomic mass is 10.2. The summed E-state index contributed by atoms with van der Waals surface area (Å²) in [5.41, 5.74) is 0.991. The number of furan rings is 1. The molecule has 0 radical (unpaired) electrons. The smallest absolute Gasteiger partial charge is 0.134 e. The molecule has 18 heavy (non-hydrogen) atoms. The second-order valence-electron chi connectivity index (χ2n) is 4.07. The van der Waals surface area contributed by atoms with E-state index in [-0.39, 0.29) is 0 Å². The van der Waals surface area contributed by atoms with Gasteiger partial charge in [-0.1, -0.05) is 24.6 Å². The van der Waals surface area contributed by atoms with Crippen molar-refractivity contribution in [3.05, 3.63) is 45.6 Å². The van der Waals surface area contributed by atoms with Gasteiger partial charge in [-0.05, 0) is 53.2 Å². The van der Waals surface area contributed by atoms with E-state index in [2.05, 4.69) is 28.2 Å². The zero-order chi connectivity index (χ0) is 13.0. The van der Waals surface area contributed by atoms with Gasteiger partial charge in [0.25, 0.3) is 0 Å². The van der Waals surface area contributed by atoms with Crippen molar-refractivity contribution >= 4 is 27.5 Å². The Labute approximate surface area is 120 Å². The third-order valence-corrected chi connectivity index (χ3v) is 3.82. The van der Waals surface area contributed by atoms with Crippen LogP contribution in [-0.4, -0.2) is 6.54 Å². The Balaban J connectivity index is 2.11. The zero-order valence-corrected chi connectivity index (χ0v) is 12.5. The average Bonchev–Trinajstić information content (AvgIpc) is 2.82. The van der Waals surface area contributed by atoms with E-state index in [9.17, 15) is 0 Å². The molecule has 96 valence electrons. The fraction of sp³-hybridized carbons (Fsp3) is 0.286. The average molecular weight is 329 g/mol. The standard InChI is InChI=1S/C14H15BrClNO/c1-2-7-17-9-11-4-6-14(18-11)10-3-5-12(15)13(16)8-10/h3-6,8,17H,2,7,9H2,1H3. The first-order valence-corrected chi connectivity index (χ1v) is 7.12. The summed E-state index contributed by atoms with van der Waals surface area (Å²) in [4.78, 5) is 0. The quantitative estimate of drug-likeness (QED) is 0.793. The fourth-order valence-electron chi connectivity index (χ4n) is 1.67. The lowest BCUT2D eigenvalue weighted by Gasteiger charge is -2.01. The lowest BCUT2D eigenvalue weighted by molar-refractivity contribution is 0.493. The van der Waals surface area contributed by atoms with Crippen LogP contribution < -0.4 is 5.32 Å². The maximum absolute atomic E-state index is 6.07. The van der Waals surface area contributed by atoms with Crippen LogP contribution in [0.3, 0.4) is 0 Å². The van der Waals surface area contributed by atoms with Crippen LogP contribution in [0.15, 0.2) is 39.2 Å². The summed E-state index contributed by atoms with van der Waals surface area (Å²) in [5, 5.41) is 4.00. The topological polar surface area (TPSA) is 25.2 Å². The summed E-state index contributed by atoms with van der Waals surface area (Å²) < 4.78 is 6.67. The highest BCUT2D eigenvalue weighted by Crippen LogP contribution is 2.29. The van der Waals surface area contributed by atoms with E-state index < -0.39 is 0 Å². The molecule has 1 aromatic carbocycles. The van der Waals surface area contributed by atoms with Crippen molar-refractivity contribution in [2.75, 3.05) is 6.54 Å². The third-order valence-electron chi connectivity index (χ3n) is 2.59. The zero-order valence-electron chi connectivity index (χ0n) is 10.2. The number of rotatable bonds is 5. The molecule has 1 aromatic heterocycles. The van der Waals surface area contributed by atoms with Gasteiger partial charge >= 0.3 is 0 Å². The Bertz CT molecular complexity index is 524. The Morgan fingerprint density at radius 1 is 1.28 bits per heavy atom. The third kappa shape index (κ3) is 3.37. The van der Waals surface area contributed by atoms with Crippen LogP contribution in [0.5, 0.6) is 0 Å². The molecule has 2 aromatic rings. The van der Waals surface area contributed by atoms with Crippen molar-refractivity contribution in [2.45, 2.75) is 19.9 Å². The fourth-order valence-corrected chi connectivity index (χ4v) is 2.09. The second kappa shape index (κ2) is 6.41. The number of nitrogens with one attached hydrogen (secondary N) is 1. The molecule has 0 spiro atoms. The Hall–Kier alpha value is -0.770. The van der Waals surface area contributed by atoms with Gasteiger partial charge in [0.2, 0.25) is 0 Å². The van der Waals surface area contributed by atoms with Crippen LogP contribution >= 0.6 is 27.5 Å². The van der Waals surface area contributed by atoms with Gasteiger partial charge in [0, 0.05) is 10.0 Å². The summed E-state index contributed by atoms with van der Waals surface area (Å²) >= 11 is 9.45. The van der Waals surface area contributed by atoms with Gasteiger partial charge in [-0.15, -0.1) is 0 Å². The molecule has 4 heteroatoms. The summed E-state index contributed by atoms with van der Waals surface area (Å²) in [6.07, 6.45) is 1.12. The van der Waals surface area contributed by atoms with Crippen molar-refractivity contribution in [1.82, 2.24) is 5.32 Å². The van der Waals surface area contributed by atoms with Gasteiger partial charge in [0.05, 0.1) is 11.6 Å². The van der Waals surface area contributed by atoms with Crippen molar-refractivity contribution in [1.29, 1.82) is 0 Å². The van der Waals surface area contributed by atoms with Gasteiger partial charge in [-0.3, -0.25) is 0 Å². The Morgan fingerprint density at radius 2 is 2.11 bits per heavy atom. The van der Waals surface area contributed by atoms with E-state index >= 15 is 0 Å². The molecule has 2 nitrogen and oxygen atoms in total. The molecule has 0 aliphatic carbocycles. The van der Waals surface area contributed by atoms with Gasteiger partial charge in [-0.2, -0.15) is 0 Å². The lowest BCUT2D eigenvalue weighted by Crippen LogP contribution is -2.12. The van der Waals surface area contributed by atoms with Crippen molar-refractivity contribution in [3.8, 4) is 11.3 Å². The molecular weight excluding hydrogens is 314 g/mol. The van der Waals surface area contributed by atoms with Crippen LogP contribution in [0.4, 0.5) is 0 Å². The van der Waals surface area contributed by atoms with E-state index in [1.54, 1.807) is 0 Å². The molecular formula is C14H15BrClNO. The summed E-state index contributed by atoms with van der Waals surface area (Å²) in [5.74, 6) is 1.79. The van der Waals surface area contributed by atoms with Gasteiger partial charge < -0.3 is 9.73 Å². The molecule has 1 heterocycles. The van der Waals surface area contributed by atoms with E-state index in [1.807, 2.05) is 30.3 Å². The first-order chi connectivity index (χ1) is 8.70. The van der Waals surface area contributed by atoms with Crippen LogP contribution in [-0.2, 0) is 6.54 Å². The molecule has 1 N–H and O–H groups in total. The molecule has 0 unspecified atom stereocenters. The number of hydrogen-bond donors (Lipinski definition) is 1. The predicted molar refractivity (Wildman–Crippen MR) is 78.9 cm³/mol. The maximum atomic E-state index is 6.07. The van der Waals surface area contributed by atoms with Crippen LogP contribution in [0.2, 0.25) is 5.02 Å². The minimum Gasteiger partial charge on any atom is -0.460 e. The summed E-state index contributed by atoms with van der Waals surface area (Å²) in [6.45, 7) is 3.91. The highest BCUT2D eigenvalue weighted by atomic mass is 79.9.